The summed E-state index contributed by atoms with van der Waals surface area (Å²) in [6.45, 7) is 5.16. The first-order chi connectivity index (χ1) is 15.0. The molecule has 8 nitrogen and oxygen atoms in total. The number of hydrogen-bond acceptors (Lipinski definition) is 7. The Morgan fingerprint density at radius 2 is 1.87 bits per heavy atom. The van der Waals surface area contributed by atoms with Crippen molar-refractivity contribution in [3.63, 3.8) is 0 Å². The molecule has 1 aromatic carbocycles. The molecule has 172 valence electrons. The smallest absolute Gasteiger partial charge is 0.410 e. The van der Waals surface area contributed by atoms with Crippen LogP contribution in [0.1, 0.15) is 37.7 Å². The van der Waals surface area contributed by atoms with E-state index in [1.54, 1.807) is 4.90 Å². The van der Waals surface area contributed by atoms with Gasteiger partial charge in [-0.1, -0.05) is 18.6 Å². The second-order valence-electron chi connectivity index (χ2n) is 8.35. The maximum atomic E-state index is 12.1. The van der Waals surface area contributed by atoms with Crippen LogP contribution < -0.4 is 10.5 Å². The van der Waals surface area contributed by atoms with Crippen molar-refractivity contribution in [2.24, 2.45) is 5.73 Å². The van der Waals surface area contributed by atoms with E-state index in [1.807, 2.05) is 24.3 Å². The van der Waals surface area contributed by atoms with E-state index in [1.165, 1.54) is 39.5 Å². The molecule has 1 aromatic rings. The highest BCUT2D eigenvalue weighted by Crippen LogP contribution is 2.17. The molecule has 2 aliphatic rings. The Labute approximate surface area is 184 Å². The fourth-order valence-corrected chi connectivity index (χ4v) is 4.06. The van der Waals surface area contributed by atoms with Crippen molar-refractivity contribution in [1.82, 2.24) is 9.80 Å². The minimum atomic E-state index is -0.680. The summed E-state index contributed by atoms with van der Waals surface area (Å²) in [6, 6.07) is 6.71. The quantitative estimate of drug-likeness (QED) is 0.422. The molecule has 3 rings (SSSR count). The van der Waals surface area contributed by atoms with Gasteiger partial charge < -0.3 is 29.7 Å². The van der Waals surface area contributed by atoms with Crippen LogP contribution in [0.25, 0.3) is 0 Å². The molecule has 8 heteroatoms. The van der Waals surface area contributed by atoms with E-state index in [0.29, 0.717) is 25.3 Å². The number of rotatable bonds is 11. The number of cyclic esters (lactones) is 1. The van der Waals surface area contributed by atoms with Crippen LogP contribution in [-0.2, 0) is 20.7 Å². The zero-order chi connectivity index (χ0) is 22.1. The van der Waals surface area contributed by atoms with Gasteiger partial charge in [0.15, 0.2) is 6.10 Å². The third-order valence-corrected chi connectivity index (χ3v) is 5.87. The lowest BCUT2D eigenvalue weighted by Crippen LogP contribution is -2.33. The van der Waals surface area contributed by atoms with E-state index >= 15 is 0 Å². The van der Waals surface area contributed by atoms with Gasteiger partial charge in [0.1, 0.15) is 18.4 Å². The zero-order valence-corrected chi connectivity index (χ0v) is 18.5. The van der Waals surface area contributed by atoms with E-state index in [2.05, 4.69) is 9.64 Å². The molecule has 0 radical (unpaired) electrons. The van der Waals surface area contributed by atoms with Gasteiger partial charge in [0, 0.05) is 6.54 Å². The lowest BCUT2D eigenvalue weighted by molar-refractivity contribution is -0.142. The molecule has 2 aliphatic heterocycles. The summed E-state index contributed by atoms with van der Waals surface area (Å²) in [5, 5.41) is 0. The van der Waals surface area contributed by atoms with Gasteiger partial charge in [0.2, 0.25) is 0 Å². The number of benzene rings is 1. The summed E-state index contributed by atoms with van der Waals surface area (Å²) in [6.07, 6.45) is 5.97. The van der Waals surface area contributed by atoms with Gasteiger partial charge in [-0.2, -0.15) is 0 Å². The van der Waals surface area contributed by atoms with E-state index in [-0.39, 0.29) is 12.2 Å². The van der Waals surface area contributed by atoms with E-state index in [0.717, 1.165) is 31.5 Å². The normalized spacial score (nSPS) is 20.4. The number of esters is 1. The number of ether oxygens (including phenoxy) is 3. The third kappa shape index (κ3) is 7.40. The maximum absolute atomic E-state index is 12.1. The molecule has 2 N–H and O–H groups in total. The summed E-state index contributed by atoms with van der Waals surface area (Å²) >= 11 is 0. The fourth-order valence-electron chi connectivity index (χ4n) is 4.06. The number of carbonyl (C=O) groups is 2. The summed E-state index contributed by atoms with van der Waals surface area (Å²) in [4.78, 5) is 27.8. The number of unbranched alkanes of at least 4 members (excludes halogenated alkanes) is 1. The molecular formula is C23H35N3O5. The molecule has 0 spiro atoms. The van der Waals surface area contributed by atoms with Crippen molar-refractivity contribution in [2.45, 2.75) is 50.7 Å². The molecule has 31 heavy (non-hydrogen) atoms. The van der Waals surface area contributed by atoms with E-state index < -0.39 is 12.0 Å². The van der Waals surface area contributed by atoms with Gasteiger partial charge in [-0.05, 0) is 69.4 Å². The fraction of sp³-hybridized carbons (Fsp3) is 0.652. The number of nitrogens with zero attached hydrogens (tertiary/aromatic N) is 2. The Hall–Kier alpha value is -2.32. The highest BCUT2D eigenvalue weighted by atomic mass is 16.6. The Kier molecular flexibility index (Phi) is 8.97. The molecule has 0 bridgehead atoms. The zero-order valence-electron chi connectivity index (χ0n) is 18.5. The summed E-state index contributed by atoms with van der Waals surface area (Å²) in [5.74, 6) is 0.255. The monoisotopic (exact) mass is 433 g/mol. The minimum Gasteiger partial charge on any atom is -0.490 e. The van der Waals surface area contributed by atoms with Crippen molar-refractivity contribution in [3.05, 3.63) is 29.8 Å². The van der Waals surface area contributed by atoms with Crippen LogP contribution in [0, 0.1) is 0 Å². The highest BCUT2D eigenvalue weighted by molar-refractivity contribution is 5.75. The number of carbonyl (C=O) groups excluding carboxylic acids is 2. The largest absolute Gasteiger partial charge is 0.490 e. The second-order valence-corrected chi connectivity index (χ2v) is 8.35. The van der Waals surface area contributed by atoms with Crippen LogP contribution in [0.3, 0.4) is 0 Å². The first kappa shape index (κ1) is 23.3. The molecule has 0 aliphatic carbocycles. The summed E-state index contributed by atoms with van der Waals surface area (Å²) in [5.41, 5.74) is 6.71. The Balaban J connectivity index is 1.33. The van der Waals surface area contributed by atoms with Gasteiger partial charge in [-0.25, -0.2) is 4.79 Å². The Morgan fingerprint density at radius 3 is 2.58 bits per heavy atom. The minimum absolute atomic E-state index is 0.251. The molecule has 2 atom stereocenters. The Morgan fingerprint density at radius 1 is 1.16 bits per heavy atom. The van der Waals surface area contributed by atoms with Crippen molar-refractivity contribution in [2.75, 3.05) is 46.4 Å². The van der Waals surface area contributed by atoms with Crippen LogP contribution in [0.5, 0.6) is 5.75 Å². The van der Waals surface area contributed by atoms with Crippen molar-refractivity contribution < 1.29 is 23.8 Å². The number of piperidine rings is 1. The standard InChI is InChI=1S/C23H35N3O5/c1-29-22(27)21(24)15-18-7-9-19(10-8-18)30-17-20-16-26(23(28)31-20)14-6-5-13-25-11-3-2-4-12-25/h7-10,20-21H,2-6,11-17,24H2,1H3. The lowest BCUT2D eigenvalue weighted by Gasteiger charge is -2.26. The van der Waals surface area contributed by atoms with Gasteiger partial charge in [0.05, 0.1) is 13.7 Å². The van der Waals surface area contributed by atoms with Gasteiger partial charge in [0.25, 0.3) is 0 Å². The summed E-state index contributed by atoms with van der Waals surface area (Å²) < 4.78 is 15.9. The molecule has 0 aromatic heterocycles. The van der Waals surface area contributed by atoms with Crippen LogP contribution in [-0.4, -0.2) is 80.4 Å². The average Bonchev–Trinajstić information content (AvgIpc) is 3.15. The average molecular weight is 434 g/mol. The molecular weight excluding hydrogens is 398 g/mol. The first-order valence-electron chi connectivity index (χ1n) is 11.3. The molecule has 2 unspecified atom stereocenters. The SMILES string of the molecule is COC(=O)C(N)Cc1ccc(OCC2CN(CCCCN3CCCCC3)C(=O)O2)cc1. The van der Waals surface area contributed by atoms with Crippen LogP contribution in [0.4, 0.5) is 4.79 Å². The summed E-state index contributed by atoms with van der Waals surface area (Å²) in [7, 11) is 1.33. The predicted octanol–water partition coefficient (Wildman–Crippen LogP) is 2.20. The van der Waals surface area contributed by atoms with Crippen molar-refractivity contribution in [3.8, 4) is 5.75 Å². The molecule has 2 heterocycles. The number of amides is 1. The topological polar surface area (TPSA) is 94.3 Å². The van der Waals surface area contributed by atoms with Crippen LogP contribution in [0.15, 0.2) is 24.3 Å². The molecule has 2 saturated heterocycles. The van der Waals surface area contributed by atoms with Crippen molar-refractivity contribution >= 4 is 12.1 Å². The first-order valence-corrected chi connectivity index (χ1v) is 11.3. The highest BCUT2D eigenvalue weighted by Gasteiger charge is 2.31. The van der Waals surface area contributed by atoms with E-state index in [9.17, 15) is 9.59 Å². The van der Waals surface area contributed by atoms with Gasteiger partial charge >= 0.3 is 12.1 Å². The lowest BCUT2D eigenvalue weighted by atomic mass is 10.1. The van der Waals surface area contributed by atoms with Crippen molar-refractivity contribution in [1.29, 1.82) is 0 Å². The third-order valence-electron chi connectivity index (χ3n) is 5.87. The van der Waals surface area contributed by atoms with Crippen LogP contribution in [0.2, 0.25) is 0 Å². The number of hydrogen-bond donors (Lipinski definition) is 1. The van der Waals surface area contributed by atoms with Gasteiger partial charge in [-0.3, -0.25) is 4.79 Å². The number of methoxy groups -OCH3 is 1. The van der Waals surface area contributed by atoms with Gasteiger partial charge in [-0.15, -0.1) is 0 Å². The van der Waals surface area contributed by atoms with E-state index in [4.69, 9.17) is 15.2 Å². The van der Waals surface area contributed by atoms with Crippen LogP contribution >= 0.6 is 0 Å². The number of nitrogens with two attached hydrogens (primary N) is 1. The predicted molar refractivity (Wildman–Crippen MR) is 117 cm³/mol. The molecule has 0 saturated carbocycles. The molecule has 2 fully saturated rings. The Bertz CT molecular complexity index is 706. The molecule has 1 amide bonds. The number of likely N-dealkylation sites (tertiary alicyclic amines) is 1. The second kappa shape index (κ2) is 11.9. The maximum Gasteiger partial charge on any atom is 0.410 e.